The van der Waals surface area contributed by atoms with E-state index in [-0.39, 0.29) is 29.9 Å². The number of ether oxygens (including phenoxy) is 1. The standard InChI is InChI=1S/C21H28O3.C19H23ClN2.ClH/c1-3-20(23)24-19-9-8-18-17-6-4-13-12-14(22)5-7-15(13)16(17)10-11-21(18,19)2;1-21(2)12-5-13-22-18-7-4-3-6-15(18)8-9-16-10-11-17(20)14-19(16)22;/h5,7,12,16-19,22H,3-4,6,8-11H2,1-2H3;3-4,6-7,10-11,14H,5,8-9,12-13H2,1-2H3;1H. The number of aryl methyl sites for hydroxylation is 3. The lowest BCUT2D eigenvalue weighted by atomic mass is 9.55. The van der Waals surface area contributed by atoms with E-state index in [1.165, 1.54) is 52.9 Å². The number of rotatable bonds is 6. The largest absolute Gasteiger partial charge is 0.508 e. The molecule has 0 radical (unpaired) electrons. The summed E-state index contributed by atoms with van der Waals surface area (Å²) in [7, 11) is 4.25. The minimum Gasteiger partial charge on any atom is -0.508 e. The number of esters is 1. The summed E-state index contributed by atoms with van der Waals surface area (Å²) in [5.74, 6) is 2.32. The summed E-state index contributed by atoms with van der Waals surface area (Å²) >= 11 is 6.27. The molecule has 1 aliphatic heterocycles. The highest BCUT2D eigenvalue weighted by atomic mass is 35.5. The van der Waals surface area contributed by atoms with Gasteiger partial charge in [-0.3, -0.25) is 4.79 Å². The van der Waals surface area contributed by atoms with Gasteiger partial charge in [-0.25, -0.2) is 0 Å². The molecule has 5 unspecified atom stereocenters. The number of hydrogen-bond acceptors (Lipinski definition) is 5. The fraction of sp³-hybridized carbons (Fsp3) is 0.525. The Morgan fingerprint density at radius 2 is 1.72 bits per heavy atom. The van der Waals surface area contributed by atoms with Crippen LogP contribution in [-0.2, 0) is 28.8 Å². The Bertz CT molecular complexity index is 1540. The van der Waals surface area contributed by atoms with Crippen molar-refractivity contribution in [1.82, 2.24) is 4.90 Å². The van der Waals surface area contributed by atoms with E-state index in [1.807, 2.05) is 25.1 Å². The first kappa shape index (κ1) is 35.6. The van der Waals surface area contributed by atoms with E-state index >= 15 is 0 Å². The first-order valence-corrected chi connectivity index (χ1v) is 17.9. The number of halogens is 2. The first-order chi connectivity index (χ1) is 22.2. The van der Waals surface area contributed by atoms with Gasteiger partial charge in [0.15, 0.2) is 0 Å². The Morgan fingerprint density at radius 3 is 2.49 bits per heavy atom. The van der Waals surface area contributed by atoms with Gasteiger partial charge in [-0.2, -0.15) is 0 Å². The van der Waals surface area contributed by atoms with Gasteiger partial charge in [-0.05, 0) is 149 Å². The topological polar surface area (TPSA) is 53.0 Å². The van der Waals surface area contributed by atoms with Crippen molar-refractivity contribution in [2.75, 3.05) is 32.1 Å². The maximum absolute atomic E-state index is 11.8. The number of aromatic hydroxyl groups is 1. The Labute approximate surface area is 293 Å². The number of nitrogens with zero attached hydrogens (tertiary/aromatic N) is 2. The van der Waals surface area contributed by atoms with Crippen LogP contribution in [0.2, 0.25) is 5.02 Å². The predicted octanol–water partition coefficient (Wildman–Crippen LogP) is 9.52. The van der Waals surface area contributed by atoms with Crippen LogP contribution in [-0.4, -0.2) is 49.3 Å². The van der Waals surface area contributed by atoms with Crippen molar-refractivity contribution >= 4 is 41.4 Å². The van der Waals surface area contributed by atoms with Crippen molar-refractivity contribution in [3.63, 3.8) is 0 Å². The van der Waals surface area contributed by atoms with Crippen LogP contribution in [0.1, 0.15) is 87.0 Å². The minimum atomic E-state index is -0.0477. The van der Waals surface area contributed by atoms with Crippen LogP contribution >= 0.6 is 24.0 Å². The number of carbonyl (C=O) groups is 1. The third-order valence-electron chi connectivity index (χ3n) is 11.5. The van der Waals surface area contributed by atoms with Crippen molar-refractivity contribution < 1.29 is 14.6 Å². The lowest BCUT2D eigenvalue weighted by Crippen LogP contribution is -2.45. The molecule has 0 aromatic heterocycles. The number of hydrogen-bond donors (Lipinski definition) is 1. The molecule has 7 rings (SSSR count). The maximum atomic E-state index is 11.8. The van der Waals surface area contributed by atoms with E-state index in [4.69, 9.17) is 16.3 Å². The summed E-state index contributed by atoms with van der Waals surface area (Å²) in [5.41, 5.74) is 8.39. The molecule has 3 aromatic rings. The normalized spacial score (nSPS) is 25.4. The van der Waals surface area contributed by atoms with Crippen molar-refractivity contribution in [2.24, 2.45) is 17.3 Å². The third-order valence-corrected chi connectivity index (χ3v) is 11.7. The van der Waals surface area contributed by atoms with Crippen LogP contribution < -0.4 is 4.90 Å². The molecule has 4 aliphatic rings. The second kappa shape index (κ2) is 15.2. The second-order valence-corrected chi connectivity index (χ2v) is 14.9. The van der Waals surface area contributed by atoms with E-state index in [9.17, 15) is 9.90 Å². The van der Waals surface area contributed by atoms with Gasteiger partial charge >= 0.3 is 5.97 Å². The summed E-state index contributed by atoms with van der Waals surface area (Å²) < 4.78 is 5.83. The van der Waals surface area contributed by atoms with E-state index < -0.39 is 0 Å². The number of phenolic OH excluding ortho intramolecular Hbond substituents is 1. The monoisotopic (exact) mass is 678 g/mol. The van der Waals surface area contributed by atoms with E-state index in [0.29, 0.717) is 29.9 Å². The zero-order valence-corrected chi connectivity index (χ0v) is 30.1. The summed E-state index contributed by atoms with van der Waals surface area (Å²) in [6, 6.07) is 21.0. The zero-order chi connectivity index (χ0) is 32.4. The number of anilines is 2. The summed E-state index contributed by atoms with van der Waals surface area (Å²) in [4.78, 5) is 16.5. The molecule has 5 atom stereocenters. The lowest BCUT2D eigenvalue weighted by Gasteiger charge is -2.50. The molecule has 0 spiro atoms. The smallest absolute Gasteiger partial charge is 0.305 e. The molecule has 3 aromatic carbocycles. The fourth-order valence-electron chi connectivity index (χ4n) is 9.13. The Hall–Kier alpha value is -2.73. The van der Waals surface area contributed by atoms with E-state index in [0.717, 1.165) is 56.6 Å². The Morgan fingerprint density at radius 1 is 0.957 bits per heavy atom. The molecular formula is C40H52Cl2N2O3. The lowest BCUT2D eigenvalue weighted by molar-refractivity contribution is -0.157. The molecule has 0 amide bonds. The van der Waals surface area contributed by atoms with E-state index in [2.05, 4.69) is 73.3 Å². The average molecular weight is 680 g/mol. The number of fused-ring (bicyclic) bond motifs is 7. The molecule has 7 heteroatoms. The zero-order valence-electron chi connectivity index (χ0n) is 28.5. The van der Waals surface area contributed by atoms with Gasteiger partial charge in [0.2, 0.25) is 0 Å². The Balaban J connectivity index is 0.000000181. The van der Waals surface area contributed by atoms with Crippen LogP contribution in [0.3, 0.4) is 0 Å². The summed E-state index contributed by atoms with van der Waals surface area (Å²) in [6.45, 7) is 6.35. The van der Waals surface area contributed by atoms with Gasteiger partial charge in [-0.1, -0.05) is 55.8 Å². The molecule has 3 aliphatic carbocycles. The SMILES string of the molecule is CCC(=O)OC1CCC2C3CCc4cc(O)ccc4C3CCC12C.CN(C)CCCN1c2ccccc2CCc2ccc(Cl)cc21.Cl. The van der Waals surface area contributed by atoms with Gasteiger partial charge in [0.05, 0.1) is 0 Å². The van der Waals surface area contributed by atoms with Crippen LogP contribution in [0.5, 0.6) is 5.75 Å². The molecular weight excluding hydrogens is 627 g/mol. The molecule has 5 nitrogen and oxygen atoms in total. The molecule has 2 saturated carbocycles. The molecule has 1 heterocycles. The van der Waals surface area contributed by atoms with Crippen molar-refractivity contribution in [1.29, 1.82) is 0 Å². The van der Waals surface area contributed by atoms with Crippen LogP contribution in [0, 0.1) is 17.3 Å². The number of para-hydroxylation sites is 1. The molecule has 0 saturated heterocycles. The predicted molar refractivity (Wildman–Crippen MR) is 196 cm³/mol. The molecule has 1 N–H and O–H groups in total. The molecule has 254 valence electrons. The number of carbonyl (C=O) groups excluding carboxylic acids is 1. The molecule has 47 heavy (non-hydrogen) atoms. The molecule has 0 bridgehead atoms. The van der Waals surface area contributed by atoms with Crippen LogP contribution in [0.25, 0.3) is 0 Å². The van der Waals surface area contributed by atoms with Crippen LogP contribution in [0.15, 0.2) is 60.7 Å². The van der Waals surface area contributed by atoms with Crippen LogP contribution in [0.4, 0.5) is 11.4 Å². The fourth-order valence-corrected chi connectivity index (χ4v) is 9.29. The van der Waals surface area contributed by atoms with Crippen molar-refractivity contribution in [3.05, 3.63) is 87.9 Å². The van der Waals surface area contributed by atoms with Gasteiger partial charge < -0.3 is 19.6 Å². The number of benzene rings is 3. The minimum absolute atomic E-state index is 0. The maximum Gasteiger partial charge on any atom is 0.305 e. The first-order valence-electron chi connectivity index (χ1n) is 17.5. The third kappa shape index (κ3) is 7.48. The van der Waals surface area contributed by atoms with Gasteiger partial charge in [0, 0.05) is 34.8 Å². The number of phenols is 1. The van der Waals surface area contributed by atoms with Gasteiger partial charge in [0.25, 0.3) is 0 Å². The average Bonchev–Trinajstić information content (AvgIpc) is 3.29. The van der Waals surface area contributed by atoms with Gasteiger partial charge in [-0.15, -0.1) is 12.4 Å². The van der Waals surface area contributed by atoms with E-state index in [1.54, 1.807) is 0 Å². The highest BCUT2D eigenvalue weighted by molar-refractivity contribution is 6.30. The highest BCUT2D eigenvalue weighted by Gasteiger charge is 2.56. The highest BCUT2D eigenvalue weighted by Crippen LogP contribution is 2.61. The summed E-state index contributed by atoms with van der Waals surface area (Å²) in [5, 5.41) is 10.6. The second-order valence-electron chi connectivity index (χ2n) is 14.5. The Kier molecular flexibility index (Phi) is 11.5. The summed E-state index contributed by atoms with van der Waals surface area (Å²) in [6.07, 6.45) is 10.7. The van der Waals surface area contributed by atoms with Crippen molar-refractivity contribution in [3.8, 4) is 5.75 Å². The quantitative estimate of drug-likeness (QED) is 0.263. The van der Waals surface area contributed by atoms with Gasteiger partial charge in [0.1, 0.15) is 11.9 Å². The van der Waals surface area contributed by atoms with Crippen molar-refractivity contribution in [2.45, 2.75) is 90.1 Å². The molecule has 2 fully saturated rings.